The van der Waals surface area contributed by atoms with E-state index in [0.29, 0.717) is 0 Å². The maximum absolute atomic E-state index is 13.6. The Morgan fingerprint density at radius 3 is 3.00 bits per heavy atom. The second-order valence-electron chi connectivity index (χ2n) is 4.53. The minimum Gasteiger partial charge on any atom is -0.364 e. The van der Waals surface area contributed by atoms with Crippen molar-refractivity contribution < 1.29 is 4.39 Å². The zero-order valence-electron chi connectivity index (χ0n) is 9.62. The summed E-state index contributed by atoms with van der Waals surface area (Å²) in [6.07, 6.45) is 2.75. The largest absolute Gasteiger partial charge is 0.364 e. The fourth-order valence-corrected chi connectivity index (χ4v) is 2.46. The zero-order chi connectivity index (χ0) is 11.7. The number of fused-ring (bicyclic) bond motifs is 1. The van der Waals surface area contributed by atoms with E-state index in [4.69, 9.17) is 0 Å². The Kier molecular flexibility index (Phi) is 2.69. The van der Waals surface area contributed by atoms with Crippen LogP contribution in [0.3, 0.4) is 0 Å². The molecule has 0 spiro atoms. The highest BCUT2D eigenvalue weighted by molar-refractivity contribution is 5.30. The van der Waals surface area contributed by atoms with E-state index in [1.165, 1.54) is 5.69 Å². The van der Waals surface area contributed by atoms with Crippen molar-refractivity contribution in [3.8, 4) is 0 Å². The second kappa shape index (κ2) is 4.34. The minimum absolute atomic E-state index is 0.0537. The van der Waals surface area contributed by atoms with Crippen LogP contribution in [0.1, 0.15) is 16.8 Å². The lowest BCUT2D eigenvalue weighted by atomic mass is 9.99. The first-order chi connectivity index (χ1) is 8.33. The van der Waals surface area contributed by atoms with Gasteiger partial charge in [-0.2, -0.15) is 0 Å². The number of nitrogens with zero attached hydrogens (tertiary/aromatic N) is 1. The van der Waals surface area contributed by atoms with Crippen molar-refractivity contribution in [1.29, 1.82) is 0 Å². The minimum atomic E-state index is -0.0537. The summed E-state index contributed by atoms with van der Waals surface area (Å²) < 4.78 is 13.6. The van der Waals surface area contributed by atoms with Gasteiger partial charge in [0.1, 0.15) is 5.82 Å². The van der Waals surface area contributed by atoms with Gasteiger partial charge in [0.15, 0.2) is 0 Å². The molecule has 2 aromatic rings. The third-order valence-corrected chi connectivity index (χ3v) is 3.34. The monoisotopic (exact) mass is 230 g/mol. The number of rotatable bonds is 2. The first-order valence-electron chi connectivity index (χ1n) is 5.94. The van der Waals surface area contributed by atoms with Crippen LogP contribution in [-0.4, -0.2) is 16.4 Å². The van der Waals surface area contributed by atoms with Crippen LogP contribution < -0.4 is 0 Å². The van der Waals surface area contributed by atoms with E-state index in [9.17, 15) is 4.39 Å². The quantitative estimate of drug-likeness (QED) is 0.840. The van der Waals surface area contributed by atoms with Gasteiger partial charge in [-0.05, 0) is 35.7 Å². The van der Waals surface area contributed by atoms with Gasteiger partial charge in [-0.25, -0.2) is 4.39 Å². The first-order valence-corrected chi connectivity index (χ1v) is 5.94. The molecule has 0 radical (unpaired) electrons. The van der Waals surface area contributed by atoms with E-state index in [0.717, 1.165) is 37.2 Å². The highest BCUT2D eigenvalue weighted by atomic mass is 19.1. The van der Waals surface area contributed by atoms with E-state index in [1.807, 2.05) is 18.3 Å². The normalized spacial score (nSPS) is 15.8. The van der Waals surface area contributed by atoms with Gasteiger partial charge in [0.2, 0.25) is 0 Å². The molecule has 1 aliphatic rings. The number of H-pyrrole nitrogens is 1. The van der Waals surface area contributed by atoms with Crippen molar-refractivity contribution in [2.45, 2.75) is 19.5 Å². The number of aromatic nitrogens is 1. The summed E-state index contributed by atoms with van der Waals surface area (Å²) in [5, 5.41) is 0. The number of hydrogen-bond donors (Lipinski definition) is 1. The molecule has 88 valence electrons. The van der Waals surface area contributed by atoms with Gasteiger partial charge >= 0.3 is 0 Å². The molecule has 0 bridgehead atoms. The summed E-state index contributed by atoms with van der Waals surface area (Å²) in [4.78, 5) is 5.54. The fraction of sp³-hybridized carbons (Fsp3) is 0.286. The van der Waals surface area contributed by atoms with E-state index in [-0.39, 0.29) is 5.82 Å². The van der Waals surface area contributed by atoms with Gasteiger partial charge in [0, 0.05) is 31.5 Å². The first kappa shape index (κ1) is 10.5. The number of halogens is 1. The third-order valence-electron chi connectivity index (χ3n) is 3.34. The fourth-order valence-electron chi connectivity index (χ4n) is 2.46. The topological polar surface area (TPSA) is 19.0 Å². The maximum Gasteiger partial charge on any atom is 0.126 e. The third kappa shape index (κ3) is 2.11. The predicted molar refractivity (Wildman–Crippen MR) is 65.0 cm³/mol. The van der Waals surface area contributed by atoms with E-state index in [2.05, 4.69) is 16.0 Å². The van der Waals surface area contributed by atoms with Crippen molar-refractivity contribution in [2.24, 2.45) is 0 Å². The molecular weight excluding hydrogens is 215 g/mol. The van der Waals surface area contributed by atoms with Crippen LogP contribution in [0.25, 0.3) is 0 Å². The van der Waals surface area contributed by atoms with Crippen LogP contribution in [0.15, 0.2) is 36.5 Å². The lowest BCUT2D eigenvalue weighted by molar-refractivity contribution is 0.240. The van der Waals surface area contributed by atoms with Gasteiger partial charge in [0.05, 0.1) is 0 Å². The summed E-state index contributed by atoms with van der Waals surface area (Å²) in [5.74, 6) is -0.0537. The Morgan fingerprint density at radius 1 is 1.24 bits per heavy atom. The molecule has 1 N–H and O–H groups in total. The second-order valence-corrected chi connectivity index (χ2v) is 4.53. The lowest BCUT2D eigenvalue weighted by Crippen LogP contribution is -2.30. The summed E-state index contributed by atoms with van der Waals surface area (Å²) in [7, 11) is 0. The molecule has 1 aromatic heterocycles. The molecule has 0 unspecified atom stereocenters. The average molecular weight is 230 g/mol. The Balaban J connectivity index is 1.77. The summed E-state index contributed by atoms with van der Waals surface area (Å²) in [6, 6.07) is 9.47. The molecule has 0 saturated carbocycles. The molecule has 0 amide bonds. The SMILES string of the molecule is Fc1cccc2c1CCN(Cc1ccc[nH]1)C2. The molecule has 2 nitrogen and oxygen atoms in total. The van der Waals surface area contributed by atoms with Gasteiger partial charge in [-0.1, -0.05) is 12.1 Å². The van der Waals surface area contributed by atoms with Gasteiger partial charge in [-0.15, -0.1) is 0 Å². The summed E-state index contributed by atoms with van der Waals surface area (Å²) >= 11 is 0. The summed E-state index contributed by atoms with van der Waals surface area (Å²) in [6.45, 7) is 2.67. The Bertz CT molecular complexity index is 505. The number of benzene rings is 1. The smallest absolute Gasteiger partial charge is 0.126 e. The Hall–Kier alpha value is -1.61. The van der Waals surface area contributed by atoms with E-state index >= 15 is 0 Å². The Labute approximate surface area is 100 Å². The Morgan fingerprint density at radius 2 is 2.18 bits per heavy atom. The van der Waals surface area contributed by atoms with Crippen LogP contribution >= 0.6 is 0 Å². The summed E-state index contributed by atoms with van der Waals surface area (Å²) in [5.41, 5.74) is 3.24. The number of aromatic amines is 1. The molecule has 1 aliphatic heterocycles. The molecule has 1 aromatic carbocycles. The van der Waals surface area contributed by atoms with Crippen molar-refractivity contribution in [3.63, 3.8) is 0 Å². The molecule has 3 rings (SSSR count). The predicted octanol–water partition coefficient (Wildman–Crippen LogP) is 2.71. The van der Waals surface area contributed by atoms with Crippen molar-refractivity contribution in [3.05, 3.63) is 59.2 Å². The van der Waals surface area contributed by atoms with Crippen LogP contribution in [-0.2, 0) is 19.5 Å². The molecule has 2 heterocycles. The van der Waals surface area contributed by atoms with Crippen molar-refractivity contribution in [2.75, 3.05) is 6.54 Å². The van der Waals surface area contributed by atoms with Gasteiger partial charge in [0.25, 0.3) is 0 Å². The average Bonchev–Trinajstić information content (AvgIpc) is 2.82. The molecule has 0 atom stereocenters. The molecule has 17 heavy (non-hydrogen) atoms. The highest BCUT2D eigenvalue weighted by Gasteiger charge is 2.18. The number of nitrogens with one attached hydrogen (secondary N) is 1. The van der Waals surface area contributed by atoms with Crippen molar-refractivity contribution >= 4 is 0 Å². The van der Waals surface area contributed by atoms with E-state index < -0.39 is 0 Å². The van der Waals surface area contributed by atoms with Crippen LogP contribution in [0.4, 0.5) is 4.39 Å². The van der Waals surface area contributed by atoms with Crippen LogP contribution in [0.2, 0.25) is 0 Å². The molecular formula is C14H15FN2. The highest BCUT2D eigenvalue weighted by Crippen LogP contribution is 2.22. The lowest BCUT2D eigenvalue weighted by Gasteiger charge is -2.28. The molecule has 0 aliphatic carbocycles. The van der Waals surface area contributed by atoms with Crippen LogP contribution in [0.5, 0.6) is 0 Å². The van der Waals surface area contributed by atoms with Crippen LogP contribution in [0, 0.1) is 5.82 Å². The van der Waals surface area contributed by atoms with Crippen molar-refractivity contribution in [1.82, 2.24) is 9.88 Å². The van der Waals surface area contributed by atoms with E-state index in [1.54, 1.807) is 12.1 Å². The number of hydrogen-bond acceptors (Lipinski definition) is 1. The van der Waals surface area contributed by atoms with Gasteiger partial charge in [-0.3, -0.25) is 4.90 Å². The van der Waals surface area contributed by atoms with Gasteiger partial charge < -0.3 is 4.98 Å². The molecule has 3 heteroatoms. The standard InChI is InChI=1S/C14H15FN2/c15-14-5-1-3-11-9-17(8-6-13(11)14)10-12-4-2-7-16-12/h1-5,7,16H,6,8-10H2. The molecule has 0 saturated heterocycles. The molecule has 0 fully saturated rings. The zero-order valence-corrected chi connectivity index (χ0v) is 9.62. The maximum atomic E-state index is 13.6.